The molecule has 1 aliphatic carbocycles. The Balaban J connectivity index is 1.45. The molecule has 3 aliphatic rings. The topological polar surface area (TPSA) is 83.8 Å². The molecule has 37 heavy (non-hydrogen) atoms. The molecule has 0 atom stereocenters. The summed E-state index contributed by atoms with van der Waals surface area (Å²) in [5, 5.41) is 14.1. The third-order valence-corrected chi connectivity index (χ3v) is 8.70. The van der Waals surface area contributed by atoms with Crippen molar-refractivity contribution in [3.05, 3.63) is 53.6 Å². The number of benzene rings is 2. The highest BCUT2D eigenvalue weighted by molar-refractivity contribution is 6.03. The molecule has 3 aromatic rings. The van der Waals surface area contributed by atoms with Gasteiger partial charge < -0.3 is 24.6 Å². The minimum Gasteiger partial charge on any atom is -0.491 e. The fourth-order valence-corrected chi connectivity index (χ4v) is 6.56. The van der Waals surface area contributed by atoms with Crippen LogP contribution in [0.5, 0.6) is 5.75 Å². The van der Waals surface area contributed by atoms with Crippen LogP contribution in [0.25, 0.3) is 22.2 Å². The van der Waals surface area contributed by atoms with Crippen LogP contribution in [0.1, 0.15) is 66.8 Å². The number of aliphatic carboxylic acids is 1. The molecule has 1 amide bonds. The maximum atomic E-state index is 13.5. The van der Waals surface area contributed by atoms with Crippen molar-refractivity contribution in [3.8, 4) is 17.0 Å². The van der Waals surface area contributed by atoms with Gasteiger partial charge in [-0.3, -0.25) is 4.79 Å². The first-order valence-electron chi connectivity index (χ1n) is 13.6. The van der Waals surface area contributed by atoms with Crippen molar-refractivity contribution < 1.29 is 19.4 Å². The molecule has 7 nitrogen and oxygen atoms in total. The highest BCUT2D eigenvalue weighted by Crippen LogP contribution is 2.47. The molecule has 2 aromatic carbocycles. The van der Waals surface area contributed by atoms with Crippen molar-refractivity contribution in [3.63, 3.8) is 0 Å². The fraction of sp³-hybridized carbons (Fsp3) is 0.467. The van der Waals surface area contributed by atoms with E-state index in [1.165, 1.54) is 48.7 Å². The second-order valence-electron chi connectivity index (χ2n) is 11.0. The number of hydrogen-bond acceptors (Lipinski definition) is 4. The van der Waals surface area contributed by atoms with Crippen LogP contribution in [0.15, 0.2) is 42.5 Å². The molecule has 2 fully saturated rings. The molecule has 3 heterocycles. The maximum absolute atomic E-state index is 13.5. The van der Waals surface area contributed by atoms with E-state index in [0.29, 0.717) is 50.6 Å². The van der Waals surface area contributed by atoms with E-state index in [2.05, 4.69) is 33.0 Å². The Morgan fingerprint density at radius 2 is 1.78 bits per heavy atom. The molecule has 0 bridgehead atoms. The number of carboxylic acids is 1. The number of amides is 1. The Morgan fingerprint density at radius 3 is 2.54 bits per heavy atom. The number of rotatable bonds is 4. The van der Waals surface area contributed by atoms with E-state index in [1.807, 2.05) is 31.3 Å². The summed E-state index contributed by atoms with van der Waals surface area (Å²) >= 11 is 0. The third kappa shape index (κ3) is 4.19. The van der Waals surface area contributed by atoms with Crippen LogP contribution >= 0.6 is 0 Å². The first-order valence-corrected chi connectivity index (χ1v) is 13.6. The predicted octanol–water partition coefficient (Wildman–Crippen LogP) is 5.03. The average Bonchev–Trinajstić information content (AvgIpc) is 3.11. The smallest absolute Gasteiger partial charge is 0.329 e. The second kappa shape index (κ2) is 9.53. The Hall–Kier alpha value is -3.32. The summed E-state index contributed by atoms with van der Waals surface area (Å²) in [4.78, 5) is 27.8. The zero-order valence-corrected chi connectivity index (χ0v) is 21.5. The lowest BCUT2D eigenvalue weighted by Crippen LogP contribution is -2.59. The van der Waals surface area contributed by atoms with Crippen LogP contribution in [0.3, 0.4) is 0 Å². The van der Waals surface area contributed by atoms with Gasteiger partial charge in [0.1, 0.15) is 17.9 Å². The first-order chi connectivity index (χ1) is 18.0. The lowest BCUT2D eigenvalue weighted by Gasteiger charge is -2.37. The zero-order valence-electron chi connectivity index (χ0n) is 21.5. The van der Waals surface area contributed by atoms with Crippen molar-refractivity contribution in [2.24, 2.45) is 0 Å². The van der Waals surface area contributed by atoms with Gasteiger partial charge in [-0.25, -0.2) is 4.79 Å². The van der Waals surface area contributed by atoms with E-state index < -0.39 is 11.5 Å². The van der Waals surface area contributed by atoms with Crippen molar-refractivity contribution in [1.82, 2.24) is 14.8 Å². The van der Waals surface area contributed by atoms with Gasteiger partial charge in [0.25, 0.3) is 5.91 Å². The van der Waals surface area contributed by atoms with Gasteiger partial charge in [0, 0.05) is 35.1 Å². The minimum atomic E-state index is -1.23. The molecule has 1 saturated carbocycles. The van der Waals surface area contributed by atoms with Gasteiger partial charge in [0.2, 0.25) is 0 Å². The molecule has 0 spiro atoms. The molecular formula is C30H35N3O4. The van der Waals surface area contributed by atoms with Crippen molar-refractivity contribution in [2.75, 3.05) is 26.7 Å². The van der Waals surface area contributed by atoms with Crippen molar-refractivity contribution in [1.29, 1.82) is 0 Å². The van der Waals surface area contributed by atoms with Crippen LogP contribution < -0.4 is 10.1 Å². The summed E-state index contributed by atoms with van der Waals surface area (Å²) in [6.07, 6.45) is 6.90. The molecule has 2 N–H and O–H groups in total. The van der Waals surface area contributed by atoms with Crippen LogP contribution in [0.4, 0.5) is 0 Å². The lowest BCUT2D eigenvalue weighted by atomic mass is 9.81. The lowest BCUT2D eigenvalue weighted by molar-refractivity contribution is -0.146. The number of fused-ring (bicyclic) bond motifs is 5. The van der Waals surface area contributed by atoms with E-state index in [1.54, 1.807) is 0 Å². The number of carbonyl (C=O) groups excluding carboxylic acids is 1. The molecule has 0 unspecified atom stereocenters. The van der Waals surface area contributed by atoms with Gasteiger partial charge in [-0.05, 0) is 68.5 Å². The number of carbonyl (C=O) groups is 2. The zero-order chi connectivity index (χ0) is 25.6. The molecule has 0 radical (unpaired) electrons. The van der Waals surface area contributed by atoms with Gasteiger partial charge >= 0.3 is 5.97 Å². The number of nitrogens with one attached hydrogen (secondary N) is 1. The maximum Gasteiger partial charge on any atom is 0.329 e. The highest BCUT2D eigenvalue weighted by atomic mass is 16.5. The minimum absolute atomic E-state index is 0.325. The highest BCUT2D eigenvalue weighted by Gasteiger charge is 2.42. The van der Waals surface area contributed by atoms with Gasteiger partial charge in [-0.1, -0.05) is 37.5 Å². The largest absolute Gasteiger partial charge is 0.491 e. The summed E-state index contributed by atoms with van der Waals surface area (Å²) in [7, 11) is 1.98. The monoisotopic (exact) mass is 501 g/mol. The van der Waals surface area contributed by atoms with E-state index in [0.717, 1.165) is 16.8 Å². The number of hydrogen-bond donors (Lipinski definition) is 2. The molecule has 1 aromatic heterocycles. The first kappa shape index (κ1) is 24.0. The number of nitrogens with zero attached hydrogens (tertiary/aromatic N) is 2. The molecule has 7 heteroatoms. The quantitative estimate of drug-likeness (QED) is 0.524. The second-order valence-corrected chi connectivity index (χ2v) is 11.0. The molecule has 194 valence electrons. The number of para-hydroxylation sites is 1. The molecular weight excluding hydrogens is 466 g/mol. The van der Waals surface area contributed by atoms with E-state index >= 15 is 0 Å². The van der Waals surface area contributed by atoms with Crippen molar-refractivity contribution >= 4 is 22.8 Å². The van der Waals surface area contributed by atoms with Gasteiger partial charge in [-0.15, -0.1) is 0 Å². The Kier molecular flexibility index (Phi) is 6.19. The van der Waals surface area contributed by atoms with E-state index in [4.69, 9.17) is 4.74 Å². The predicted molar refractivity (Wildman–Crippen MR) is 143 cm³/mol. The Labute approximate surface area is 217 Å². The Morgan fingerprint density at radius 1 is 1.03 bits per heavy atom. The molecule has 6 rings (SSSR count). The average molecular weight is 502 g/mol. The van der Waals surface area contributed by atoms with Gasteiger partial charge in [-0.2, -0.15) is 0 Å². The standard InChI is InChI=1S/C30H35N3O4/c1-32-15-13-30(14-16-32,29(35)36)31-28(34)21-11-12-22-24(19-21)33-17-18-37-25-10-6-5-9-23(25)27(33)26(22)20-7-3-2-4-8-20/h5-6,9-12,19-20H,2-4,7-8,13-18H2,1H3,(H,31,34)(H,35,36). The fourth-order valence-electron chi connectivity index (χ4n) is 6.56. The van der Waals surface area contributed by atoms with Crippen LogP contribution in [0, 0.1) is 0 Å². The summed E-state index contributed by atoms with van der Waals surface area (Å²) in [5.41, 5.74) is 3.99. The van der Waals surface area contributed by atoms with Crippen LogP contribution in [0.2, 0.25) is 0 Å². The van der Waals surface area contributed by atoms with E-state index in [-0.39, 0.29) is 5.91 Å². The van der Waals surface area contributed by atoms with Crippen molar-refractivity contribution in [2.45, 2.75) is 62.9 Å². The Bertz CT molecular complexity index is 1350. The molecule has 2 aliphatic heterocycles. The normalized spacial score (nSPS) is 19.9. The summed E-state index contributed by atoms with van der Waals surface area (Å²) in [6, 6.07) is 14.2. The number of piperidine rings is 1. The number of likely N-dealkylation sites (tertiary alicyclic amines) is 1. The van der Waals surface area contributed by atoms with Crippen LogP contribution in [-0.4, -0.2) is 58.7 Å². The summed E-state index contributed by atoms with van der Waals surface area (Å²) in [6.45, 7) is 2.54. The number of aromatic nitrogens is 1. The van der Waals surface area contributed by atoms with E-state index in [9.17, 15) is 14.7 Å². The number of carboxylic acid groups (broad SMARTS) is 1. The third-order valence-electron chi connectivity index (χ3n) is 8.70. The van der Waals surface area contributed by atoms with Gasteiger partial charge in [0.15, 0.2) is 0 Å². The van der Waals surface area contributed by atoms with Crippen LogP contribution in [-0.2, 0) is 11.3 Å². The summed E-state index contributed by atoms with van der Waals surface area (Å²) < 4.78 is 8.46. The SMILES string of the molecule is CN1CCC(NC(=O)c2ccc3c(C4CCCCC4)c4n(c3c2)CCOc2ccccc2-4)(C(=O)O)CC1. The summed E-state index contributed by atoms with van der Waals surface area (Å²) in [5.74, 6) is 0.103. The van der Waals surface area contributed by atoms with Gasteiger partial charge in [0.05, 0.1) is 12.2 Å². The number of ether oxygens (including phenoxy) is 1. The molecule has 1 saturated heterocycles.